The Morgan fingerprint density at radius 2 is 0.568 bits per heavy atom. The number of unbranched alkanes of at least 4 members (excludes halogenated alkanes) is 6. The SMILES string of the molecule is CCCCCc1c(-c2cccs2)sc2cc(-c3ccc(-c4ccc(N(c5ccc(-c6ccc(-c7cc8sc(-c9cccs9)c(CCCCC)c8s7)s6)cc5)c5ccc(-c6ccc(-c7cc8sc(-c9cccs9)c(CCCCC)c8s7)s6)cc5)cc4)s3)sc12. The smallest absolute Gasteiger partial charge is 0.0496 e. The van der Waals surface area contributed by atoms with Gasteiger partial charge in [0.05, 0.1) is 0 Å². The zero-order valence-corrected chi connectivity index (χ0v) is 58.9. The molecule has 12 heterocycles. The number of fused-ring (bicyclic) bond motifs is 3. The van der Waals surface area contributed by atoms with Gasteiger partial charge in [-0.05, 0) is 197 Å². The lowest BCUT2D eigenvalue weighted by Gasteiger charge is -2.26. The predicted octanol–water partition coefficient (Wildman–Crippen LogP) is 29.6. The van der Waals surface area contributed by atoms with Crippen LogP contribution in [0.25, 0.3) is 118 Å². The van der Waals surface area contributed by atoms with Crippen molar-refractivity contribution in [2.45, 2.75) is 97.8 Å². The molecule has 0 aliphatic rings. The second-order valence-corrected chi connectivity index (χ2v) is 34.8. The van der Waals surface area contributed by atoms with E-state index in [1.165, 1.54) is 176 Å². The molecule has 88 heavy (non-hydrogen) atoms. The molecule has 0 atom stereocenters. The van der Waals surface area contributed by atoms with E-state index in [1.807, 2.05) is 136 Å². The van der Waals surface area contributed by atoms with Gasteiger partial charge in [-0.1, -0.05) is 114 Å². The van der Waals surface area contributed by atoms with E-state index in [1.54, 1.807) is 16.7 Å². The third kappa shape index (κ3) is 11.9. The van der Waals surface area contributed by atoms with Crippen LogP contribution >= 0.6 is 136 Å². The van der Waals surface area contributed by atoms with Crippen molar-refractivity contribution in [2.75, 3.05) is 4.90 Å². The van der Waals surface area contributed by atoms with Crippen molar-refractivity contribution in [1.82, 2.24) is 0 Å². The molecule has 0 unspecified atom stereocenters. The van der Waals surface area contributed by atoms with Gasteiger partial charge < -0.3 is 4.90 Å². The second-order valence-electron chi connectivity index (χ2n) is 22.4. The van der Waals surface area contributed by atoms with Crippen molar-refractivity contribution < 1.29 is 0 Å². The van der Waals surface area contributed by atoms with Crippen LogP contribution in [0.3, 0.4) is 0 Å². The highest BCUT2D eigenvalue weighted by atomic mass is 32.1. The largest absolute Gasteiger partial charge is 0.311 e. The Morgan fingerprint density at radius 1 is 0.273 bits per heavy atom. The van der Waals surface area contributed by atoms with Gasteiger partial charge in [-0.2, -0.15) is 0 Å². The fourth-order valence-electron chi connectivity index (χ4n) is 12.0. The fourth-order valence-corrected chi connectivity index (χ4v) is 26.0. The second kappa shape index (κ2) is 26.5. The minimum atomic E-state index is 1.14. The van der Waals surface area contributed by atoms with E-state index in [0.717, 1.165) is 36.3 Å². The minimum Gasteiger partial charge on any atom is -0.311 e. The topological polar surface area (TPSA) is 3.24 Å². The molecular formula is C75H63NS12. The van der Waals surface area contributed by atoms with Gasteiger partial charge in [0.25, 0.3) is 0 Å². The first kappa shape index (κ1) is 59.0. The Morgan fingerprint density at radius 3 is 0.841 bits per heavy atom. The molecule has 0 radical (unpaired) electrons. The van der Waals surface area contributed by atoms with Gasteiger partial charge in [-0.3, -0.25) is 0 Å². The van der Waals surface area contributed by atoms with E-state index in [-0.39, 0.29) is 0 Å². The number of hydrogen-bond acceptors (Lipinski definition) is 13. The summed E-state index contributed by atoms with van der Waals surface area (Å²) in [6.07, 6.45) is 14.7. The third-order valence-electron chi connectivity index (χ3n) is 16.5. The van der Waals surface area contributed by atoms with Gasteiger partial charge in [-0.15, -0.1) is 136 Å². The minimum absolute atomic E-state index is 1.14. The molecule has 0 amide bonds. The molecule has 440 valence electrons. The van der Waals surface area contributed by atoms with Crippen LogP contribution in [-0.4, -0.2) is 0 Å². The summed E-state index contributed by atoms with van der Waals surface area (Å²) in [5, 5.41) is 6.65. The molecule has 15 aromatic rings. The van der Waals surface area contributed by atoms with Crippen LogP contribution in [0.15, 0.2) is 180 Å². The van der Waals surface area contributed by atoms with E-state index in [4.69, 9.17) is 0 Å². The van der Waals surface area contributed by atoms with Crippen LogP contribution in [0.4, 0.5) is 17.1 Å². The summed E-state index contributed by atoms with van der Waals surface area (Å²) in [6, 6.07) is 62.7. The number of nitrogens with zero attached hydrogens (tertiary/aromatic N) is 1. The Labute approximate surface area is 564 Å². The number of anilines is 3. The van der Waals surface area contributed by atoms with Crippen molar-refractivity contribution in [3.05, 3.63) is 197 Å². The van der Waals surface area contributed by atoms with E-state index in [9.17, 15) is 0 Å². The summed E-state index contributed by atoms with van der Waals surface area (Å²) >= 11 is 23.3. The molecule has 0 saturated carbocycles. The summed E-state index contributed by atoms with van der Waals surface area (Å²) in [7, 11) is 0. The molecule has 0 bridgehead atoms. The van der Waals surface area contributed by atoms with Crippen molar-refractivity contribution in [3.8, 4) is 89.8 Å². The van der Waals surface area contributed by atoms with Gasteiger partial charge in [0.1, 0.15) is 0 Å². The normalized spacial score (nSPS) is 11.9. The number of aryl methyl sites for hydroxylation is 3. The van der Waals surface area contributed by atoms with Gasteiger partial charge in [0.15, 0.2) is 0 Å². The highest BCUT2D eigenvalue weighted by molar-refractivity contribution is 7.36. The van der Waals surface area contributed by atoms with Crippen molar-refractivity contribution in [1.29, 1.82) is 0 Å². The molecule has 0 N–H and O–H groups in total. The predicted molar refractivity (Wildman–Crippen MR) is 407 cm³/mol. The quantitative estimate of drug-likeness (QED) is 0.0545. The average molecular weight is 1360 g/mol. The van der Waals surface area contributed by atoms with Gasteiger partial charge >= 0.3 is 0 Å². The number of hydrogen-bond donors (Lipinski definition) is 0. The van der Waals surface area contributed by atoms with Crippen molar-refractivity contribution in [2.24, 2.45) is 0 Å². The summed E-state index contributed by atoms with van der Waals surface area (Å²) in [4.78, 5) is 23.1. The first-order chi connectivity index (χ1) is 43.4. The Bertz CT molecular complexity index is 4280. The van der Waals surface area contributed by atoms with Gasteiger partial charge in [0, 0.05) is 118 Å². The van der Waals surface area contributed by atoms with Gasteiger partial charge in [0.2, 0.25) is 0 Å². The Hall–Kier alpha value is -5.36. The van der Waals surface area contributed by atoms with Gasteiger partial charge in [-0.25, -0.2) is 0 Å². The summed E-state index contributed by atoms with van der Waals surface area (Å²) in [5.74, 6) is 0. The zero-order chi connectivity index (χ0) is 59.1. The average Bonchev–Trinajstić information content (AvgIpc) is 1.78. The lowest BCUT2D eigenvalue weighted by molar-refractivity contribution is 0.721. The van der Waals surface area contributed by atoms with E-state index in [0.29, 0.717) is 0 Å². The zero-order valence-electron chi connectivity index (χ0n) is 49.2. The number of rotatable bonds is 24. The Balaban J connectivity index is 0.720. The monoisotopic (exact) mass is 1360 g/mol. The van der Waals surface area contributed by atoms with Crippen LogP contribution < -0.4 is 4.90 Å². The van der Waals surface area contributed by atoms with Crippen LogP contribution in [0.5, 0.6) is 0 Å². The molecule has 13 heteroatoms. The highest BCUT2D eigenvalue weighted by Gasteiger charge is 2.24. The molecule has 0 aliphatic heterocycles. The molecule has 3 aromatic carbocycles. The maximum atomic E-state index is 2.46. The number of benzene rings is 3. The molecule has 12 aromatic heterocycles. The lowest BCUT2D eigenvalue weighted by atomic mass is 10.1. The van der Waals surface area contributed by atoms with Crippen LogP contribution in [0.1, 0.15) is 95.2 Å². The molecule has 1 nitrogen and oxygen atoms in total. The van der Waals surface area contributed by atoms with E-state index < -0.39 is 0 Å². The first-order valence-corrected chi connectivity index (χ1v) is 40.6. The lowest BCUT2D eigenvalue weighted by Crippen LogP contribution is -2.09. The van der Waals surface area contributed by atoms with Crippen molar-refractivity contribution in [3.63, 3.8) is 0 Å². The van der Waals surface area contributed by atoms with E-state index >= 15 is 0 Å². The first-order valence-electron chi connectivity index (χ1n) is 30.6. The molecular weight excluding hydrogens is 1300 g/mol. The molecule has 0 fully saturated rings. The van der Waals surface area contributed by atoms with Crippen LogP contribution in [-0.2, 0) is 19.3 Å². The maximum absolute atomic E-state index is 2.46. The third-order valence-corrected chi connectivity index (χ3v) is 31.1. The highest BCUT2D eigenvalue weighted by Crippen LogP contribution is 2.53. The van der Waals surface area contributed by atoms with Crippen LogP contribution in [0.2, 0.25) is 0 Å². The summed E-state index contributed by atoms with van der Waals surface area (Å²) < 4.78 is 8.75. The summed E-state index contributed by atoms with van der Waals surface area (Å²) in [6.45, 7) is 6.91. The fraction of sp³-hybridized carbons (Fsp3) is 0.200. The Kier molecular flexibility index (Phi) is 17.7. The molecule has 0 aliphatic carbocycles. The summed E-state index contributed by atoms with van der Waals surface area (Å²) in [5.41, 5.74) is 11.8. The standard InChI is InChI=1S/C75H63NS12/c1-4-7-10-16-52-70(61-19-13-40-77-61)86-67-43-64(83-73(52)67)58-37-34-55(80-58)46-22-28-49(29-23-46)76(50-30-24-47(25-31-50)56-35-38-59(81-56)65-44-68-74(84-65)53(17-11-8-5-2)71(87-68)62-20-14-41-78-62)51-32-26-48(27-33-51)57-36-39-60(82-57)66-45-69-75(85-66)54(18-12-9-6-3)72(88-69)63-21-15-42-79-63/h13-15,19-45H,4-12,16-18H2,1-3H3. The maximum Gasteiger partial charge on any atom is 0.0496 e. The van der Waals surface area contributed by atoms with Crippen molar-refractivity contribution >= 4 is 181 Å². The van der Waals surface area contributed by atoms with Crippen LogP contribution in [0, 0.1) is 0 Å². The molecule has 0 saturated heterocycles. The molecule has 0 spiro atoms. The van der Waals surface area contributed by atoms with E-state index in [2.05, 4.69) is 206 Å². The number of thiophene rings is 12. The molecule has 15 rings (SSSR count).